The maximum absolute atomic E-state index is 11.6. The first-order chi connectivity index (χ1) is 6.06. The van der Waals surface area contributed by atoms with Gasteiger partial charge in [-0.25, -0.2) is 0 Å². The van der Waals surface area contributed by atoms with E-state index >= 15 is 0 Å². The Balaban J connectivity index is 3.28. The van der Waals surface area contributed by atoms with Gasteiger partial charge in [-0.05, 0) is 44.8 Å². The minimum Gasteiger partial charge on any atom is -0.328 e. The van der Waals surface area contributed by atoms with E-state index in [0.29, 0.717) is 11.0 Å². The third-order valence-electron chi connectivity index (χ3n) is 1.78. The summed E-state index contributed by atoms with van der Waals surface area (Å²) >= 11 is 6.50. The van der Waals surface area contributed by atoms with E-state index in [2.05, 4.69) is 31.9 Å². The van der Waals surface area contributed by atoms with Crippen LogP contribution in [-0.2, 0) is 0 Å². The van der Waals surface area contributed by atoms with Crippen molar-refractivity contribution in [1.29, 1.82) is 0 Å². The predicted molar refractivity (Wildman–Crippen MR) is 59.9 cm³/mol. The zero-order chi connectivity index (χ0) is 10.0. The van der Waals surface area contributed by atoms with Crippen molar-refractivity contribution in [3.63, 3.8) is 0 Å². The van der Waals surface area contributed by atoms with Gasteiger partial charge >= 0.3 is 0 Å². The van der Waals surface area contributed by atoms with E-state index in [1.54, 1.807) is 16.8 Å². The summed E-state index contributed by atoms with van der Waals surface area (Å²) in [5.41, 5.74) is 5.43. The fraction of sp³-hybridized carbons (Fsp3) is 0.375. The number of hydrogen-bond acceptors (Lipinski definition) is 2. The summed E-state index contributed by atoms with van der Waals surface area (Å²) in [6, 6.07) is 1.74. The Kier molecular flexibility index (Phi) is 3.70. The van der Waals surface area contributed by atoms with Gasteiger partial charge < -0.3 is 10.3 Å². The van der Waals surface area contributed by atoms with Crippen molar-refractivity contribution in [2.24, 2.45) is 5.73 Å². The summed E-state index contributed by atoms with van der Waals surface area (Å²) in [5.74, 6) is 0. The van der Waals surface area contributed by atoms with Crippen LogP contribution in [0.15, 0.2) is 26.0 Å². The Labute approximate surface area is 93.2 Å². The highest BCUT2D eigenvalue weighted by Crippen LogP contribution is 2.14. The molecule has 2 N–H and O–H groups in total. The summed E-state index contributed by atoms with van der Waals surface area (Å²) in [4.78, 5) is 11.6. The quantitative estimate of drug-likeness (QED) is 0.907. The number of halogens is 2. The lowest BCUT2D eigenvalue weighted by Gasteiger charge is -2.13. The van der Waals surface area contributed by atoms with Crippen LogP contribution in [0.4, 0.5) is 0 Å². The van der Waals surface area contributed by atoms with Gasteiger partial charge in [0.2, 0.25) is 0 Å². The third-order valence-corrected chi connectivity index (χ3v) is 2.78. The fourth-order valence-corrected chi connectivity index (χ4v) is 2.18. The molecule has 0 aliphatic heterocycles. The average Bonchev–Trinajstić information content (AvgIpc) is 2.10. The lowest BCUT2D eigenvalue weighted by atomic mass is 10.3. The van der Waals surface area contributed by atoms with Crippen LogP contribution >= 0.6 is 31.9 Å². The molecule has 13 heavy (non-hydrogen) atoms. The molecule has 0 amide bonds. The largest absolute Gasteiger partial charge is 0.328 e. The highest BCUT2D eigenvalue weighted by Gasteiger charge is 2.07. The number of rotatable bonds is 2. The highest BCUT2D eigenvalue weighted by atomic mass is 79.9. The van der Waals surface area contributed by atoms with E-state index in [1.807, 2.05) is 6.92 Å². The van der Waals surface area contributed by atoms with Crippen LogP contribution in [-0.4, -0.2) is 11.1 Å². The van der Waals surface area contributed by atoms with Gasteiger partial charge in [0.1, 0.15) is 0 Å². The van der Waals surface area contributed by atoms with E-state index in [4.69, 9.17) is 5.73 Å². The van der Waals surface area contributed by atoms with Gasteiger partial charge in [0.25, 0.3) is 5.56 Å². The molecule has 1 aromatic rings. The van der Waals surface area contributed by atoms with Gasteiger partial charge in [-0.1, -0.05) is 0 Å². The summed E-state index contributed by atoms with van der Waals surface area (Å²) in [5, 5.41) is 0. The van der Waals surface area contributed by atoms with Crippen molar-refractivity contribution in [3.8, 4) is 0 Å². The van der Waals surface area contributed by atoms with Crippen LogP contribution in [0.2, 0.25) is 0 Å². The van der Waals surface area contributed by atoms with Gasteiger partial charge in [0, 0.05) is 23.3 Å². The fourth-order valence-electron chi connectivity index (χ4n) is 0.976. The molecule has 5 heteroatoms. The standard InChI is InChI=1S/C8H10Br2N2O/c1-5(3-11)12-4-6(9)2-7(10)8(12)13/h2,4-5H,3,11H2,1H3. The van der Waals surface area contributed by atoms with E-state index in [9.17, 15) is 4.79 Å². The molecule has 0 saturated heterocycles. The minimum absolute atomic E-state index is 0.0151. The van der Waals surface area contributed by atoms with Crippen molar-refractivity contribution in [3.05, 3.63) is 31.6 Å². The zero-order valence-electron chi connectivity index (χ0n) is 7.13. The Morgan fingerprint density at radius 1 is 1.62 bits per heavy atom. The van der Waals surface area contributed by atoms with E-state index in [1.165, 1.54) is 0 Å². The maximum Gasteiger partial charge on any atom is 0.265 e. The molecule has 0 aromatic carbocycles. The Morgan fingerprint density at radius 2 is 2.23 bits per heavy atom. The van der Waals surface area contributed by atoms with Crippen molar-refractivity contribution in [2.75, 3.05) is 6.54 Å². The maximum atomic E-state index is 11.6. The molecule has 1 unspecified atom stereocenters. The summed E-state index contributed by atoms with van der Waals surface area (Å²) < 4.78 is 3.01. The van der Waals surface area contributed by atoms with Crippen LogP contribution in [0.1, 0.15) is 13.0 Å². The molecule has 1 rings (SSSR count). The van der Waals surface area contributed by atoms with Crippen LogP contribution in [0.5, 0.6) is 0 Å². The van der Waals surface area contributed by atoms with Gasteiger partial charge in [-0.15, -0.1) is 0 Å². The molecule has 0 spiro atoms. The predicted octanol–water partition coefficient (Wildman–Crippen LogP) is 1.89. The summed E-state index contributed by atoms with van der Waals surface area (Å²) in [7, 11) is 0. The number of nitrogens with zero attached hydrogens (tertiary/aromatic N) is 1. The average molecular weight is 310 g/mol. The number of aromatic nitrogens is 1. The molecular formula is C8H10Br2N2O. The second kappa shape index (κ2) is 4.39. The molecule has 72 valence electrons. The van der Waals surface area contributed by atoms with Crippen molar-refractivity contribution < 1.29 is 0 Å². The molecule has 0 saturated carbocycles. The van der Waals surface area contributed by atoms with Crippen LogP contribution < -0.4 is 11.3 Å². The smallest absolute Gasteiger partial charge is 0.265 e. The molecule has 3 nitrogen and oxygen atoms in total. The first kappa shape index (κ1) is 10.9. The molecule has 0 fully saturated rings. The Morgan fingerprint density at radius 3 is 2.77 bits per heavy atom. The Bertz CT molecular complexity index is 362. The number of pyridine rings is 1. The molecular weight excluding hydrogens is 300 g/mol. The van der Waals surface area contributed by atoms with Crippen molar-refractivity contribution >= 4 is 31.9 Å². The molecule has 1 heterocycles. The lowest BCUT2D eigenvalue weighted by molar-refractivity contribution is 0.537. The van der Waals surface area contributed by atoms with E-state index in [0.717, 1.165) is 4.47 Å². The molecule has 1 atom stereocenters. The van der Waals surface area contributed by atoms with Crippen LogP contribution in [0.3, 0.4) is 0 Å². The monoisotopic (exact) mass is 308 g/mol. The van der Waals surface area contributed by atoms with Gasteiger partial charge in [0.15, 0.2) is 0 Å². The van der Waals surface area contributed by atoms with Crippen LogP contribution in [0, 0.1) is 0 Å². The first-order valence-electron chi connectivity index (χ1n) is 3.83. The third kappa shape index (κ3) is 2.42. The summed E-state index contributed by atoms with van der Waals surface area (Å²) in [6.07, 6.45) is 1.74. The van der Waals surface area contributed by atoms with Crippen LogP contribution in [0.25, 0.3) is 0 Å². The molecule has 1 aromatic heterocycles. The number of nitrogens with two attached hydrogens (primary N) is 1. The van der Waals surface area contributed by atoms with E-state index < -0.39 is 0 Å². The second-order valence-corrected chi connectivity index (χ2v) is 4.57. The molecule has 0 aliphatic carbocycles. The molecule has 0 aliphatic rings. The topological polar surface area (TPSA) is 48.0 Å². The van der Waals surface area contributed by atoms with Gasteiger partial charge in [-0.2, -0.15) is 0 Å². The van der Waals surface area contributed by atoms with E-state index in [-0.39, 0.29) is 11.6 Å². The van der Waals surface area contributed by atoms with Crippen molar-refractivity contribution in [2.45, 2.75) is 13.0 Å². The van der Waals surface area contributed by atoms with Gasteiger partial charge in [0.05, 0.1) is 4.47 Å². The minimum atomic E-state index is -0.0545. The highest BCUT2D eigenvalue weighted by molar-refractivity contribution is 9.11. The first-order valence-corrected chi connectivity index (χ1v) is 5.42. The SMILES string of the molecule is CC(CN)n1cc(Br)cc(Br)c1=O. The van der Waals surface area contributed by atoms with Crippen molar-refractivity contribution in [1.82, 2.24) is 4.57 Å². The zero-order valence-corrected chi connectivity index (χ0v) is 10.3. The normalized spacial score (nSPS) is 12.9. The Hall–Kier alpha value is -0.130. The second-order valence-electron chi connectivity index (χ2n) is 2.80. The molecule has 0 radical (unpaired) electrons. The summed E-state index contributed by atoms with van der Waals surface area (Å²) in [6.45, 7) is 2.35. The number of hydrogen-bond donors (Lipinski definition) is 1. The molecule has 0 bridgehead atoms. The lowest BCUT2D eigenvalue weighted by Crippen LogP contribution is -2.27. The van der Waals surface area contributed by atoms with Gasteiger partial charge in [-0.3, -0.25) is 4.79 Å².